The molecule has 0 aliphatic carbocycles. The monoisotopic (exact) mass is 539 g/mol. The van der Waals surface area contributed by atoms with Crippen molar-refractivity contribution in [2.75, 3.05) is 5.75 Å². The third-order valence-electron chi connectivity index (χ3n) is 6.86. The molecule has 0 bridgehead atoms. The molecule has 0 atom stereocenters. The Hall–Kier alpha value is -3.68. The van der Waals surface area contributed by atoms with Gasteiger partial charge in [0.2, 0.25) is 0 Å². The largest absolute Gasteiger partial charge is 0.318 e. The van der Waals surface area contributed by atoms with Crippen LogP contribution in [0, 0.1) is 27.7 Å². The molecular weight excluding hydrogens is 510 g/mol. The van der Waals surface area contributed by atoms with E-state index in [-0.39, 0.29) is 17.1 Å². The zero-order chi connectivity index (χ0) is 27.0. The third kappa shape index (κ3) is 4.68. The summed E-state index contributed by atoms with van der Waals surface area (Å²) >= 11 is 2.82. The number of benzene rings is 2. The Labute approximate surface area is 230 Å². The average Bonchev–Trinajstić information content (AvgIpc) is 3.38. The predicted octanol–water partition coefficient (Wildman–Crippen LogP) is 7.31. The van der Waals surface area contributed by atoms with Gasteiger partial charge < -0.3 is 4.57 Å². The van der Waals surface area contributed by atoms with E-state index in [4.69, 9.17) is 4.98 Å². The number of carbonyl (C=O) groups is 1. The number of ketones is 1. The molecule has 0 saturated heterocycles. The lowest BCUT2D eigenvalue weighted by Gasteiger charge is -2.12. The molecule has 0 saturated carbocycles. The fourth-order valence-electron chi connectivity index (χ4n) is 4.79. The molecule has 5 rings (SSSR count). The number of rotatable bonds is 8. The molecule has 0 aliphatic rings. The summed E-state index contributed by atoms with van der Waals surface area (Å²) in [5, 5.41) is 1.20. The number of aromatic nitrogens is 3. The van der Waals surface area contributed by atoms with Crippen molar-refractivity contribution < 1.29 is 4.79 Å². The fourth-order valence-corrected chi connectivity index (χ4v) is 6.76. The predicted molar refractivity (Wildman–Crippen MR) is 159 cm³/mol. The average molecular weight is 540 g/mol. The second kappa shape index (κ2) is 10.6. The standard InChI is InChI=1S/C31H29N3O2S2/c1-6-16-33-30(36)28-20(3)22(5)38-29(28)32-31(33)37-18-27(35)26-17-19(2)34(21(26)4)25-14-12-24(13-15-25)23-10-8-7-9-11-23/h6-15,17H,1,16,18H2,2-5H3. The molecule has 5 aromatic rings. The summed E-state index contributed by atoms with van der Waals surface area (Å²) in [5.74, 6) is 0.198. The first-order valence-electron chi connectivity index (χ1n) is 12.4. The van der Waals surface area contributed by atoms with Gasteiger partial charge in [0, 0.05) is 34.1 Å². The number of aryl methyl sites for hydroxylation is 3. The molecule has 0 amide bonds. The highest BCUT2D eigenvalue weighted by Crippen LogP contribution is 2.30. The van der Waals surface area contributed by atoms with Gasteiger partial charge in [-0.2, -0.15) is 0 Å². The van der Waals surface area contributed by atoms with E-state index in [1.807, 2.05) is 52.0 Å². The van der Waals surface area contributed by atoms with Crippen molar-refractivity contribution in [3.63, 3.8) is 0 Å². The molecule has 0 radical (unpaired) electrons. The van der Waals surface area contributed by atoms with Crippen molar-refractivity contribution in [1.29, 1.82) is 0 Å². The summed E-state index contributed by atoms with van der Waals surface area (Å²) in [4.78, 5) is 33.2. The summed E-state index contributed by atoms with van der Waals surface area (Å²) in [6.07, 6.45) is 1.69. The smallest absolute Gasteiger partial charge is 0.263 e. The number of nitrogens with zero attached hydrogens (tertiary/aromatic N) is 3. The van der Waals surface area contributed by atoms with E-state index in [1.165, 1.54) is 28.7 Å². The van der Waals surface area contributed by atoms with E-state index < -0.39 is 0 Å². The van der Waals surface area contributed by atoms with Gasteiger partial charge in [-0.3, -0.25) is 14.2 Å². The van der Waals surface area contributed by atoms with Gasteiger partial charge in [-0.05, 0) is 62.6 Å². The van der Waals surface area contributed by atoms with Crippen LogP contribution in [0.2, 0.25) is 0 Å². The summed E-state index contributed by atoms with van der Waals surface area (Å²) < 4.78 is 3.73. The van der Waals surface area contributed by atoms with Gasteiger partial charge >= 0.3 is 0 Å². The first-order chi connectivity index (χ1) is 18.3. The van der Waals surface area contributed by atoms with E-state index in [0.29, 0.717) is 22.7 Å². The Bertz CT molecular complexity index is 1730. The van der Waals surface area contributed by atoms with Gasteiger partial charge in [0.1, 0.15) is 4.83 Å². The van der Waals surface area contributed by atoms with Crippen molar-refractivity contribution in [3.05, 3.63) is 111 Å². The molecule has 0 aliphatic heterocycles. The van der Waals surface area contributed by atoms with Gasteiger partial charge in [0.25, 0.3) is 5.56 Å². The van der Waals surface area contributed by atoms with E-state index in [1.54, 1.807) is 10.6 Å². The van der Waals surface area contributed by atoms with Crippen molar-refractivity contribution >= 4 is 39.1 Å². The minimum absolute atomic E-state index is 0.00768. The van der Waals surface area contributed by atoms with Gasteiger partial charge in [-0.15, -0.1) is 17.9 Å². The third-order valence-corrected chi connectivity index (χ3v) is 8.94. The van der Waals surface area contributed by atoms with E-state index >= 15 is 0 Å². The Morgan fingerprint density at radius 3 is 2.39 bits per heavy atom. The lowest BCUT2D eigenvalue weighted by molar-refractivity contribution is 0.102. The minimum Gasteiger partial charge on any atom is -0.318 e. The van der Waals surface area contributed by atoms with E-state index in [2.05, 4.69) is 47.5 Å². The van der Waals surface area contributed by atoms with Crippen LogP contribution in [0.4, 0.5) is 0 Å². The van der Waals surface area contributed by atoms with E-state index in [9.17, 15) is 9.59 Å². The molecular formula is C31H29N3O2S2. The minimum atomic E-state index is -0.0798. The molecule has 3 aromatic heterocycles. The first kappa shape index (κ1) is 25.9. The second-order valence-electron chi connectivity index (χ2n) is 9.31. The molecule has 5 nitrogen and oxygen atoms in total. The summed E-state index contributed by atoms with van der Waals surface area (Å²) in [5.41, 5.74) is 6.80. The highest BCUT2D eigenvalue weighted by Gasteiger charge is 2.20. The van der Waals surface area contributed by atoms with Crippen molar-refractivity contribution in [1.82, 2.24) is 14.1 Å². The van der Waals surface area contributed by atoms with Crippen LogP contribution < -0.4 is 5.56 Å². The number of hydrogen-bond acceptors (Lipinski definition) is 5. The Kier molecular flexibility index (Phi) is 7.23. The van der Waals surface area contributed by atoms with Crippen LogP contribution in [0.3, 0.4) is 0 Å². The number of fused-ring (bicyclic) bond motifs is 1. The number of Topliss-reactive ketones (excluding diaryl/α,β-unsaturated/α-hetero) is 1. The van der Waals surface area contributed by atoms with Crippen molar-refractivity contribution in [2.24, 2.45) is 0 Å². The summed E-state index contributed by atoms with van der Waals surface area (Å²) in [6, 6.07) is 20.6. The fraction of sp³-hybridized carbons (Fsp3) is 0.194. The van der Waals surface area contributed by atoms with E-state index in [0.717, 1.165) is 37.9 Å². The van der Waals surface area contributed by atoms with Crippen LogP contribution in [0.5, 0.6) is 0 Å². The summed E-state index contributed by atoms with van der Waals surface area (Å²) in [7, 11) is 0. The zero-order valence-electron chi connectivity index (χ0n) is 21.9. The molecule has 0 spiro atoms. The number of thioether (sulfide) groups is 1. The lowest BCUT2D eigenvalue weighted by Crippen LogP contribution is -2.23. The first-order valence-corrected chi connectivity index (χ1v) is 14.2. The SMILES string of the molecule is C=CCn1c(SCC(=O)c2cc(C)n(-c3ccc(-c4ccccc4)cc3)c2C)nc2sc(C)c(C)c2c1=O. The lowest BCUT2D eigenvalue weighted by atomic mass is 10.1. The Balaban J connectivity index is 1.41. The molecule has 3 heterocycles. The Morgan fingerprint density at radius 2 is 1.71 bits per heavy atom. The molecule has 0 unspecified atom stereocenters. The number of hydrogen-bond donors (Lipinski definition) is 0. The molecule has 7 heteroatoms. The molecule has 192 valence electrons. The molecule has 38 heavy (non-hydrogen) atoms. The number of allylic oxidation sites excluding steroid dienone is 1. The van der Waals surface area contributed by atoms with Crippen molar-refractivity contribution in [3.8, 4) is 16.8 Å². The van der Waals surface area contributed by atoms with Crippen LogP contribution in [0.15, 0.2) is 83.3 Å². The van der Waals surface area contributed by atoms with Gasteiger partial charge in [-0.1, -0.05) is 60.3 Å². The topological polar surface area (TPSA) is 56.9 Å². The molecule has 0 N–H and O–H groups in total. The van der Waals surface area contributed by atoms with Gasteiger partial charge in [-0.25, -0.2) is 4.98 Å². The van der Waals surface area contributed by atoms with Crippen LogP contribution in [0.1, 0.15) is 32.2 Å². The molecule has 0 fully saturated rings. The van der Waals surface area contributed by atoms with Crippen molar-refractivity contribution in [2.45, 2.75) is 39.4 Å². The maximum absolute atomic E-state index is 13.4. The molecule has 2 aromatic carbocycles. The van der Waals surface area contributed by atoms with Crippen LogP contribution in [-0.2, 0) is 6.54 Å². The van der Waals surface area contributed by atoms with Crippen LogP contribution in [-0.4, -0.2) is 25.7 Å². The van der Waals surface area contributed by atoms with Gasteiger partial charge in [0.05, 0.1) is 11.1 Å². The zero-order valence-corrected chi connectivity index (χ0v) is 23.6. The highest BCUT2D eigenvalue weighted by atomic mass is 32.2. The van der Waals surface area contributed by atoms with Gasteiger partial charge in [0.15, 0.2) is 10.9 Å². The van der Waals surface area contributed by atoms with Crippen LogP contribution >= 0.6 is 23.1 Å². The number of thiophene rings is 1. The second-order valence-corrected chi connectivity index (χ2v) is 11.5. The number of carbonyl (C=O) groups excluding carboxylic acids is 1. The summed E-state index contributed by atoms with van der Waals surface area (Å²) in [6.45, 7) is 12.1. The normalized spacial score (nSPS) is 11.3. The highest BCUT2D eigenvalue weighted by molar-refractivity contribution is 7.99. The quantitative estimate of drug-likeness (QED) is 0.0898. The maximum Gasteiger partial charge on any atom is 0.263 e. The van der Waals surface area contributed by atoms with Crippen LogP contribution in [0.25, 0.3) is 27.0 Å². The Morgan fingerprint density at radius 1 is 1.03 bits per heavy atom. The maximum atomic E-state index is 13.4.